The molecule has 2 aromatic rings. The minimum absolute atomic E-state index is 0.124. The van der Waals surface area contributed by atoms with E-state index in [1.807, 2.05) is 56.3 Å². The van der Waals surface area contributed by atoms with E-state index in [1.165, 1.54) is 17.2 Å². The van der Waals surface area contributed by atoms with E-state index in [0.29, 0.717) is 0 Å². The summed E-state index contributed by atoms with van der Waals surface area (Å²) in [6.45, 7) is 7.73. The Morgan fingerprint density at radius 2 is 1.62 bits per heavy atom. The molecule has 2 amide bonds. The summed E-state index contributed by atoms with van der Waals surface area (Å²) in [6.07, 6.45) is 3.16. The van der Waals surface area contributed by atoms with Gasteiger partial charge in [-0.05, 0) is 56.0 Å². The molecule has 136 valence electrons. The zero-order valence-electron chi connectivity index (χ0n) is 15.7. The van der Waals surface area contributed by atoms with Crippen LogP contribution in [0.4, 0.5) is 0 Å². The fourth-order valence-corrected chi connectivity index (χ4v) is 2.72. The van der Waals surface area contributed by atoms with E-state index in [4.69, 9.17) is 0 Å². The molecule has 0 bridgehead atoms. The quantitative estimate of drug-likeness (QED) is 0.781. The monoisotopic (exact) mass is 350 g/mol. The largest absolute Gasteiger partial charge is 0.348 e. The van der Waals surface area contributed by atoms with E-state index >= 15 is 0 Å². The summed E-state index contributed by atoms with van der Waals surface area (Å²) in [4.78, 5) is 24.4. The fourth-order valence-electron chi connectivity index (χ4n) is 2.72. The van der Waals surface area contributed by atoms with E-state index in [-0.39, 0.29) is 17.9 Å². The van der Waals surface area contributed by atoms with Crippen LogP contribution in [0.1, 0.15) is 42.1 Å². The predicted molar refractivity (Wildman–Crippen MR) is 106 cm³/mol. The number of carbonyl (C=O) groups excluding carboxylic acids is 2. The van der Waals surface area contributed by atoms with Gasteiger partial charge in [0, 0.05) is 6.08 Å². The average Bonchev–Trinajstić information content (AvgIpc) is 2.63. The highest BCUT2D eigenvalue weighted by atomic mass is 16.2. The number of hydrogen-bond acceptors (Lipinski definition) is 2. The Bertz CT molecular complexity index is 797. The topological polar surface area (TPSA) is 58.2 Å². The molecule has 2 aromatic carbocycles. The van der Waals surface area contributed by atoms with Gasteiger partial charge in [0.25, 0.3) is 0 Å². The first-order chi connectivity index (χ1) is 12.4. The van der Waals surface area contributed by atoms with Crippen LogP contribution in [0.3, 0.4) is 0 Å². The Labute approximate surface area is 155 Å². The summed E-state index contributed by atoms with van der Waals surface area (Å²) in [5.41, 5.74) is 4.38. The number of amides is 2. The molecule has 0 saturated carbocycles. The van der Waals surface area contributed by atoms with Crippen molar-refractivity contribution >= 4 is 17.9 Å². The lowest BCUT2D eigenvalue weighted by Crippen LogP contribution is -2.45. The molecule has 0 spiro atoms. The van der Waals surface area contributed by atoms with Gasteiger partial charge in [-0.1, -0.05) is 48.5 Å². The summed E-state index contributed by atoms with van der Waals surface area (Å²) < 4.78 is 0. The summed E-state index contributed by atoms with van der Waals surface area (Å²) >= 11 is 0. The lowest BCUT2D eigenvalue weighted by Gasteiger charge is -2.20. The first-order valence-corrected chi connectivity index (χ1v) is 8.78. The Morgan fingerprint density at radius 3 is 2.31 bits per heavy atom. The van der Waals surface area contributed by atoms with Gasteiger partial charge in [-0.3, -0.25) is 9.59 Å². The third kappa shape index (κ3) is 5.31. The van der Waals surface area contributed by atoms with E-state index in [9.17, 15) is 9.59 Å². The molecule has 4 nitrogen and oxygen atoms in total. The second-order valence-corrected chi connectivity index (χ2v) is 6.49. The van der Waals surface area contributed by atoms with Crippen molar-refractivity contribution in [3.63, 3.8) is 0 Å². The maximum Gasteiger partial charge on any atom is 0.244 e. The molecule has 2 unspecified atom stereocenters. The van der Waals surface area contributed by atoms with Crippen molar-refractivity contribution in [2.24, 2.45) is 0 Å². The number of nitrogens with one attached hydrogen (secondary N) is 2. The van der Waals surface area contributed by atoms with Crippen LogP contribution in [0, 0.1) is 13.8 Å². The van der Waals surface area contributed by atoms with Crippen molar-refractivity contribution in [1.82, 2.24) is 10.6 Å². The summed E-state index contributed by atoms with van der Waals surface area (Å²) in [5, 5.41) is 5.66. The molecule has 2 N–H and O–H groups in total. The minimum atomic E-state index is -0.615. The van der Waals surface area contributed by atoms with Gasteiger partial charge in [0.1, 0.15) is 6.04 Å². The third-order valence-electron chi connectivity index (χ3n) is 4.45. The number of benzene rings is 2. The molecule has 4 heteroatoms. The van der Waals surface area contributed by atoms with Crippen LogP contribution in [0.2, 0.25) is 0 Å². The van der Waals surface area contributed by atoms with E-state index < -0.39 is 6.04 Å². The highest BCUT2D eigenvalue weighted by Crippen LogP contribution is 2.20. The Hall–Kier alpha value is -2.88. The molecular formula is C22H26N2O2. The average molecular weight is 350 g/mol. The van der Waals surface area contributed by atoms with Crippen molar-refractivity contribution in [2.45, 2.75) is 39.8 Å². The number of aryl methyl sites for hydroxylation is 1. The molecule has 0 radical (unpaired) electrons. The van der Waals surface area contributed by atoms with Gasteiger partial charge in [-0.2, -0.15) is 0 Å². The van der Waals surface area contributed by atoms with E-state index in [2.05, 4.69) is 23.6 Å². The number of rotatable bonds is 6. The number of carbonyl (C=O) groups is 2. The maximum atomic E-state index is 12.4. The minimum Gasteiger partial charge on any atom is -0.348 e. The highest BCUT2D eigenvalue weighted by molar-refractivity contribution is 5.95. The second kappa shape index (κ2) is 8.99. The van der Waals surface area contributed by atoms with Gasteiger partial charge in [0.05, 0.1) is 6.04 Å². The van der Waals surface area contributed by atoms with Crippen LogP contribution in [0.5, 0.6) is 0 Å². The normalized spacial score (nSPS) is 13.2. The van der Waals surface area contributed by atoms with E-state index in [0.717, 1.165) is 11.1 Å². The van der Waals surface area contributed by atoms with Crippen LogP contribution in [-0.2, 0) is 9.59 Å². The summed E-state index contributed by atoms with van der Waals surface area (Å²) in [7, 11) is 0. The van der Waals surface area contributed by atoms with Crippen LogP contribution in [0.15, 0.2) is 54.6 Å². The van der Waals surface area contributed by atoms with Gasteiger partial charge < -0.3 is 10.6 Å². The van der Waals surface area contributed by atoms with Crippen molar-refractivity contribution in [3.05, 3.63) is 76.9 Å². The van der Waals surface area contributed by atoms with Crippen molar-refractivity contribution in [1.29, 1.82) is 0 Å². The first kappa shape index (κ1) is 19.4. The van der Waals surface area contributed by atoms with Crippen molar-refractivity contribution in [3.8, 4) is 0 Å². The summed E-state index contributed by atoms with van der Waals surface area (Å²) in [5.74, 6) is -0.504. The Balaban J connectivity index is 1.91. The highest BCUT2D eigenvalue weighted by Gasteiger charge is 2.18. The molecule has 0 aromatic heterocycles. The van der Waals surface area contributed by atoms with Crippen LogP contribution < -0.4 is 10.6 Å². The van der Waals surface area contributed by atoms with Gasteiger partial charge in [0.15, 0.2) is 0 Å². The lowest BCUT2D eigenvalue weighted by atomic mass is 9.98. The predicted octanol–water partition coefficient (Wildman–Crippen LogP) is 3.70. The molecule has 0 heterocycles. The van der Waals surface area contributed by atoms with Crippen molar-refractivity contribution in [2.75, 3.05) is 0 Å². The van der Waals surface area contributed by atoms with Gasteiger partial charge >= 0.3 is 0 Å². The molecule has 26 heavy (non-hydrogen) atoms. The van der Waals surface area contributed by atoms with E-state index in [1.54, 1.807) is 13.0 Å². The van der Waals surface area contributed by atoms with Crippen LogP contribution >= 0.6 is 0 Å². The standard InChI is InChI=1S/C22H26N2O2/c1-15-9-8-12-20(16(15)2)17(3)24-22(26)18(4)23-21(25)14-13-19-10-6-5-7-11-19/h5-14,17-18H,1-4H3,(H,23,25)(H,24,26)/b14-13+. The Morgan fingerprint density at radius 1 is 0.923 bits per heavy atom. The zero-order valence-corrected chi connectivity index (χ0v) is 15.7. The zero-order chi connectivity index (χ0) is 19.1. The van der Waals surface area contributed by atoms with Gasteiger partial charge in [-0.15, -0.1) is 0 Å². The third-order valence-corrected chi connectivity index (χ3v) is 4.45. The molecule has 0 aliphatic carbocycles. The molecular weight excluding hydrogens is 324 g/mol. The maximum absolute atomic E-state index is 12.4. The summed E-state index contributed by atoms with van der Waals surface area (Å²) in [6, 6.07) is 14.9. The van der Waals surface area contributed by atoms with Gasteiger partial charge in [-0.25, -0.2) is 0 Å². The van der Waals surface area contributed by atoms with Crippen molar-refractivity contribution < 1.29 is 9.59 Å². The molecule has 2 atom stereocenters. The molecule has 0 aliphatic heterocycles. The van der Waals surface area contributed by atoms with Gasteiger partial charge in [0.2, 0.25) is 11.8 Å². The molecule has 0 saturated heterocycles. The lowest BCUT2D eigenvalue weighted by molar-refractivity contribution is -0.127. The molecule has 0 fully saturated rings. The van der Waals surface area contributed by atoms with Crippen LogP contribution in [0.25, 0.3) is 6.08 Å². The smallest absolute Gasteiger partial charge is 0.244 e. The molecule has 0 aliphatic rings. The van der Waals surface area contributed by atoms with Crippen LogP contribution in [-0.4, -0.2) is 17.9 Å². The molecule has 2 rings (SSSR count). The number of hydrogen-bond donors (Lipinski definition) is 2. The fraction of sp³-hybridized carbons (Fsp3) is 0.273. The first-order valence-electron chi connectivity index (χ1n) is 8.78. The Kier molecular flexibility index (Phi) is 6.73. The SMILES string of the molecule is Cc1cccc(C(C)NC(=O)C(C)NC(=O)/C=C/c2ccccc2)c1C. The second-order valence-electron chi connectivity index (χ2n) is 6.49.